The van der Waals surface area contributed by atoms with Gasteiger partial charge in [-0.3, -0.25) is 0 Å². The van der Waals surface area contributed by atoms with E-state index >= 15 is 0 Å². The number of rotatable bonds is 3. The van der Waals surface area contributed by atoms with Gasteiger partial charge in [0, 0.05) is 54.7 Å². The Morgan fingerprint density at radius 3 is 2.50 bits per heavy atom. The molecule has 2 N–H and O–H groups in total. The highest BCUT2D eigenvalue weighted by atomic mass is 15.3. The minimum Gasteiger partial charge on any atom is -0.350 e. The van der Waals surface area contributed by atoms with E-state index < -0.39 is 0 Å². The average Bonchev–Trinajstić information content (AvgIpc) is 3.48. The lowest BCUT2D eigenvalue weighted by Crippen LogP contribution is -2.47. The Hall–Kier alpha value is -3.19. The number of nitrogens with two attached hydrogens (primary N) is 1. The molecule has 2 fully saturated rings. The topological polar surface area (TPSA) is 77.8 Å². The normalized spacial score (nSPS) is 23.4. The summed E-state index contributed by atoms with van der Waals surface area (Å²) in [6, 6.07) is 13.9. The number of nitrogens with zero attached hydrogens (tertiary/aromatic N) is 6. The summed E-state index contributed by atoms with van der Waals surface area (Å²) in [7, 11) is 2.06. The van der Waals surface area contributed by atoms with Crippen LogP contribution < -0.4 is 10.6 Å². The number of anilines is 1. The number of fused-ring (bicyclic) bond motifs is 3. The largest absolute Gasteiger partial charge is 0.350 e. The van der Waals surface area contributed by atoms with Crippen molar-refractivity contribution in [2.75, 3.05) is 4.90 Å². The highest BCUT2D eigenvalue weighted by molar-refractivity contribution is 5.98. The Labute approximate surface area is 175 Å². The Balaban J connectivity index is 1.39. The first-order valence-corrected chi connectivity index (χ1v) is 10.6. The molecule has 0 amide bonds. The zero-order valence-electron chi connectivity index (χ0n) is 17.0. The molecule has 2 unspecified atom stereocenters. The van der Waals surface area contributed by atoms with E-state index in [-0.39, 0.29) is 0 Å². The average molecular weight is 400 g/mol. The van der Waals surface area contributed by atoms with Gasteiger partial charge in [-0.2, -0.15) is 5.10 Å². The van der Waals surface area contributed by atoms with Gasteiger partial charge < -0.3 is 15.2 Å². The maximum absolute atomic E-state index is 6.23. The molecule has 30 heavy (non-hydrogen) atoms. The van der Waals surface area contributed by atoms with Crippen molar-refractivity contribution in [3.8, 4) is 16.9 Å². The Morgan fingerprint density at radius 2 is 1.80 bits per heavy atom. The van der Waals surface area contributed by atoms with Crippen molar-refractivity contribution in [1.29, 1.82) is 0 Å². The third-order valence-electron chi connectivity index (χ3n) is 6.72. The Kier molecular flexibility index (Phi) is 3.92. The molecular weight excluding hydrogens is 374 g/mol. The van der Waals surface area contributed by atoms with Crippen LogP contribution in [0.25, 0.3) is 27.8 Å². The van der Waals surface area contributed by atoms with Gasteiger partial charge in [0.1, 0.15) is 0 Å². The fourth-order valence-corrected chi connectivity index (χ4v) is 5.42. The van der Waals surface area contributed by atoms with Crippen molar-refractivity contribution >= 4 is 16.7 Å². The van der Waals surface area contributed by atoms with Gasteiger partial charge >= 0.3 is 0 Å². The fraction of sp³-hybridized carbons (Fsp3) is 0.348. The van der Waals surface area contributed by atoms with Crippen LogP contribution in [0.1, 0.15) is 25.7 Å². The number of benzene rings is 1. The summed E-state index contributed by atoms with van der Waals surface area (Å²) >= 11 is 0. The zero-order chi connectivity index (χ0) is 20.2. The molecule has 0 spiro atoms. The van der Waals surface area contributed by atoms with Crippen molar-refractivity contribution in [1.82, 2.24) is 24.5 Å². The Morgan fingerprint density at radius 1 is 0.967 bits per heavy atom. The molecule has 3 aromatic heterocycles. The summed E-state index contributed by atoms with van der Waals surface area (Å²) in [4.78, 5) is 2.46. The predicted molar refractivity (Wildman–Crippen MR) is 118 cm³/mol. The molecule has 7 nitrogen and oxygen atoms in total. The van der Waals surface area contributed by atoms with Crippen molar-refractivity contribution in [2.24, 2.45) is 12.8 Å². The number of aromatic nitrogens is 5. The van der Waals surface area contributed by atoms with Crippen LogP contribution in [0.4, 0.5) is 5.82 Å². The van der Waals surface area contributed by atoms with Gasteiger partial charge in [0.05, 0.1) is 16.9 Å². The monoisotopic (exact) mass is 399 g/mol. The van der Waals surface area contributed by atoms with Gasteiger partial charge in [-0.25, -0.2) is 4.68 Å². The lowest BCUT2D eigenvalue weighted by molar-refractivity contribution is 0.411. The molecule has 2 aliphatic rings. The number of piperidine rings is 1. The quantitative estimate of drug-likeness (QED) is 0.572. The highest BCUT2D eigenvalue weighted by Gasteiger charge is 2.40. The molecule has 2 atom stereocenters. The summed E-state index contributed by atoms with van der Waals surface area (Å²) in [5.41, 5.74) is 10.4. The summed E-state index contributed by atoms with van der Waals surface area (Å²) < 4.78 is 4.04. The maximum Gasteiger partial charge on any atom is 0.151 e. The molecule has 2 saturated heterocycles. The third-order valence-corrected chi connectivity index (χ3v) is 6.72. The molecular formula is C23H25N7. The molecule has 2 bridgehead atoms. The van der Waals surface area contributed by atoms with Crippen LogP contribution in [-0.2, 0) is 7.05 Å². The molecule has 4 aromatic rings. The van der Waals surface area contributed by atoms with Crippen LogP contribution in [0.3, 0.4) is 0 Å². The minimum absolute atomic E-state index is 0.324. The van der Waals surface area contributed by atoms with Gasteiger partial charge in [-0.05, 0) is 62.1 Å². The van der Waals surface area contributed by atoms with Crippen molar-refractivity contribution in [3.05, 3.63) is 55.0 Å². The molecule has 1 aromatic carbocycles. The SMILES string of the molecule is Cn1ccc2c(-n3cccn3)ccc(-c3ccc(N4C5CCC4CC(N)C5)nn3)c21. The van der Waals surface area contributed by atoms with E-state index in [1.54, 1.807) is 6.20 Å². The van der Waals surface area contributed by atoms with Crippen molar-refractivity contribution in [3.63, 3.8) is 0 Å². The van der Waals surface area contributed by atoms with E-state index in [1.165, 1.54) is 12.8 Å². The molecule has 0 radical (unpaired) electrons. The first-order chi connectivity index (χ1) is 14.7. The second kappa shape index (κ2) is 6.67. The van der Waals surface area contributed by atoms with E-state index in [0.717, 1.165) is 46.5 Å². The summed E-state index contributed by atoms with van der Waals surface area (Å²) in [5, 5.41) is 14.8. The van der Waals surface area contributed by atoms with Gasteiger partial charge in [0.15, 0.2) is 5.82 Å². The first-order valence-electron chi connectivity index (χ1n) is 10.6. The van der Waals surface area contributed by atoms with Gasteiger partial charge in [-0.1, -0.05) is 0 Å². The van der Waals surface area contributed by atoms with Crippen LogP contribution in [0.5, 0.6) is 0 Å². The van der Waals surface area contributed by atoms with Crippen molar-refractivity contribution in [2.45, 2.75) is 43.8 Å². The molecule has 0 aliphatic carbocycles. The number of aryl methyl sites for hydroxylation is 1. The maximum atomic E-state index is 6.23. The summed E-state index contributed by atoms with van der Waals surface area (Å²) in [6.07, 6.45) is 10.4. The van der Waals surface area contributed by atoms with Crippen LogP contribution in [0.15, 0.2) is 55.0 Å². The van der Waals surface area contributed by atoms with Crippen LogP contribution in [0.2, 0.25) is 0 Å². The van der Waals surface area contributed by atoms with Crippen molar-refractivity contribution < 1.29 is 0 Å². The summed E-state index contributed by atoms with van der Waals surface area (Å²) in [6.45, 7) is 0. The predicted octanol–water partition coefficient (Wildman–Crippen LogP) is 3.28. The molecule has 5 heterocycles. The second-order valence-electron chi connectivity index (χ2n) is 8.57. The van der Waals surface area contributed by atoms with E-state index in [0.29, 0.717) is 18.1 Å². The molecule has 7 heteroatoms. The lowest BCUT2D eigenvalue weighted by atomic mass is 9.98. The minimum atomic E-state index is 0.324. The van der Waals surface area contributed by atoms with E-state index in [9.17, 15) is 0 Å². The number of hydrogen-bond donors (Lipinski definition) is 1. The Bertz CT molecular complexity index is 1180. The van der Waals surface area contributed by atoms with Crippen LogP contribution in [-0.4, -0.2) is 42.7 Å². The lowest BCUT2D eigenvalue weighted by Gasteiger charge is -2.38. The second-order valence-corrected chi connectivity index (χ2v) is 8.57. The van der Waals surface area contributed by atoms with Gasteiger partial charge in [-0.15, -0.1) is 10.2 Å². The first kappa shape index (κ1) is 17.7. The summed E-state index contributed by atoms with van der Waals surface area (Å²) in [5.74, 6) is 0.981. The smallest absolute Gasteiger partial charge is 0.151 e. The number of hydrogen-bond acceptors (Lipinski definition) is 5. The van der Waals surface area contributed by atoms with Gasteiger partial charge in [0.25, 0.3) is 0 Å². The highest BCUT2D eigenvalue weighted by Crippen LogP contribution is 2.38. The zero-order valence-corrected chi connectivity index (χ0v) is 17.0. The fourth-order valence-electron chi connectivity index (χ4n) is 5.42. The molecule has 0 saturated carbocycles. The molecule has 2 aliphatic heterocycles. The van der Waals surface area contributed by atoms with Gasteiger partial charge in [0.2, 0.25) is 0 Å². The van der Waals surface area contributed by atoms with Crippen LogP contribution in [0, 0.1) is 0 Å². The molecule has 6 rings (SSSR count). The van der Waals surface area contributed by atoms with E-state index in [4.69, 9.17) is 5.73 Å². The third kappa shape index (κ3) is 2.65. The van der Waals surface area contributed by atoms with E-state index in [1.807, 2.05) is 16.9 Å². The van der Waals surface area contributed by atoms with E-state index in [2.05, 4.69) is 68.3 Å². The molecule has 152 valence electrons. The standard InChI is InChI=1S/C23H25N7/c1-28-12-9-19-21(29-11-2-10-25-29)7-5-18(23(19)28)20-6-8-22(27-26-20)30-16-3-4-17(30)14-15(24)13-16/h2,5-12,15-17H,3-4,13-14,24H2,1H3. The van der Waals surface area contributed by atoms with Crippen LogP contribution >= 0.6 is 0 Å².